The molecule has 30 heavy (non-hydrogen) atoms. The lowest BCUT2D eigenvalue weighted by Gasteiger charge is -2.11. The molecule has 1 heterocycles. The highest BCUT2D eigenvalue weighted by molar-refractivity contribution is 8.00. The number of hydrogen-bond donors (Lipinski definition) is 2. The van der Waals surface area contributed by atoms with Crippen LogP contribution >= 0.6 is 35.1 Å². The lowest BCUT2D eigenvalue weighted by atomic mass is 10.1. The Morgan fingerprint density at radius 2 is 1.80 bits per heavy atom. The number of carbonyl (C=O) groups excluding carboxylic acids is 2. The second-order valence-corrected chi connectivity index (χ2v) is 9.70. The predicted octanol–water partition coefficient (Wildman–Crippen LogP) is 4.95. The molecule has 2 aromatic carbocycles. The van der Waals surface area contributed by atoms with Gasteiger partial charge in [0, 0.05) is 22.1 Å². The summed E-state index contributed by atoms with van der Waals surface area (Å²) in [5, 5.41) is 6.61. The molecule has 2 amide bonds. The Bertz CT molecular complexity index is 977. The van der Waals surface area contributed by atoms with Crippen molar-refractivity contribution in [2.75, 3.05) is 16.4 Å². The van der Waals surface area contributed by atoms with Crippen LogP contribution in [0.25, 0.3) is 0 Å². The molecule has 0 fully saturated rings. The van der Waals surface area contributed by atoms with Crippen LogP contribution < -0.4 is 10.6 Å². The Morgan fingerprint density at radius 3 is 2.50 bits per heavy atom. The van der Waals surface area contributed by atoms with E-state index in [1.165, 1.54) is 23.3 Å². The van der Waals surface area contributed by atoms with Gasteiger partial charge in [-0.05, 0) is 42.5 Å². The van der Waals surface area contributed by atoms with Crippen molar-refractivity contribution in [2.45, 2.75) is 35.6 Å². The molecule has 0 spiro atoms. The van der Waals surface area contributed by atoms with Crippen LogP contribution in [0.5, 0.6) is 0 Å². The van der Waals surface area contributed by atoms with E-state index in [0.29, 0.717) is 16.7 Å². The van der Waals surface area contributed by atoms with Crippen LogP contribution in [-0.4, -0.2) is 32.2 Å². The van der Waals surface area contributed by atoms with Gasteiger partial charge in [0.05, 0.1) is 11.7 Å². The van der Waals surface area contributed by atoms with Crippen molar-refractivity contribution in [2.24, 2.45) is 0 Å². The maximum Gasteiger partial charge on any atom is 0.239 e. The number of carbonyl (C=O) groups is 2. The van der Waals surface area contributed by atoms with E-state index >= 15 is 0 Å². The van der Waals surface area contributed by atoms with Gasteiger partial charge in [-0.25, -0.2) is 0 Å². The van der Waals surface area contributed by atoms with Crippen molar-refractivity contribution in [3.05, 3.63) is 60.2 Å². The summed E-state index contributed by atoms with van der Waals surface area (Å²) in [5.74, 6) is 0.704. The molecule has 0 radical (unpaired) electrons. The van der Waals surface area contributed by atoms with Gasteiger partial charge in [0.1, 0.15) is 0 Å². The number of anilines is 2. The number of benzene rings is 2. The lowest BCUT2D eigenvalue weighted by molar-refractivity contribution is -0.116. The molecule has 0 aliphatic carbocycles. The van der Waals surface area contributed by atoms with E-state index in [-0.39, 0.29) is 17.1 Å². The van der Waals surface area contributed by atoms with E-state index in [0.717, 1.165) is 21.9 Å². The number of amides is 2. The fraction of sp³-hybridized carbons (Fsp3) is 0.238. The minimum atomic E-state index is -0.297. The number of nitrogens with zero attached hydrogens (tertiary/aromatic N) is 2. The molecule has 156 valence electrons. The van der Waals surface area contributed by atoms with Crippen LogP contribution in [0.4, 0.5) is 10.8 Å². The molecule has 0 aliphatic rings. The third kappa shape index (κ3) is 6.86. The molecule has 0 aliphatic heterocycles. The van der Waals surface area contributed by atoms with Crippen molar-refractivity contribution in [3.8, 4) is 0 Å². The molecular formula is C21H22N4O2S3. The van der Waals surface area contributed by atoms with Crippen LogP contribution in [0.15, 0.2) is 64.6 Å². The summed E-state index contributed by atoms with van der Waals surface area (Å²) in [4.78, 5) is 29.8. The first-order valence-corrected chi connectivity index (χ1v) is 12.0. The van der Waals surface area contributed by atoms with Gasteiger partial charge in [0.25, 0.3) is 0 Å². The molecule has 6 nitrogen and oxygen atoms in total. The summed E-state index contributed by atoms with van der Waals surface area (Å²) in [6.45, 7) is 3.88. The molecule has 0 bridgehead atoms. The summed E-state index contributed by atoms with van der Waals surface area (Å²) in [7, 11) is 0. The molecule has 3 aromatic rings. The van der Waals surface area contributed by atoms with Crippen molar-refractivity contribution in [1.29, 1.82) is 0 Å². The van der Waals surface area contributed by atoms with Gasteiger partial charge in [-0.3, -0.25) is 14.9 Å². The molecule has 0 saturated heterocycles. The summed E-state index contributed by atoms with van der Waals surface area (Å²) < 4.78 is 4.20. The second kappa shape index (κ2) is 11.1. The SMILES string of the molecule is CCSc1nsc(NC(=O)C(C)Sc2ccc(NC(=O)Cc3ccccc3)cc2)n1. The molecule has 2 N–H and O–H groups in total. The molecule has 0 saturated carbocycles. The first kappa shape index (κ1) is 22.3. The third-order valence-corrected chi connectivity index (χ3v) is 6.53. The predicted molar refractivity (Wildman–Crippen MR) is 125 cm³/mol. The van der Waals surface area contributed by atoms with E-state index < -0.39 is 0 Å². The van der Waals surface area contributed by atoms with E-state index in [4.69, 9.17) is 0 Å². The van der Waals surface area contributed by atoms with Gasteiger partial charge in [-0.2, -0.15) is 9.36 Å². The normalized spacial score (nSPS) is 11.7. The standard InChI is InChI=1S/C21H22N4O2S3/c1-3-28-21-24-20(30-25-21)23-19(27)14(2)29-17-11-9-16(10-12-17)22-18(26)13-15-7-5-4-6-8-15/h4-12,14H,3,13H2,1-2H3,(H,22,26)(H,23,24,25,27). The monoisotopic (exact) mass is 458 g/mol. The highest BCUT2D eigenvalue weighted by Crippen LogP contribution is 2.26. The highest BCUT2D eigenvalue weighted by Gasteiger charge is 2.17. The number of thioether (sulfide) groups is 2. The van der Waals surface area contributed by atoms with Gasteiger partial charge in [0.2, 0.25) is 22.1 Å². The Kier molecular flexibility index (Phi) is 8.30. The van der Waals surface area contributed by atoms with Crippen LogP contribution in [0.3, 0.4) is 0 Å². The summed E-state index contributed by atoms with van der Waals surface area (Å²) in [5.41, 5.74) is 1.70. The zero-order valence-electron chi connectivity index (χ0n) is 16.6. The summed E-state index contributed by atoms with van der Waals surface area (Å²) in [6, 6.07) is 17.1. The molecule has 1 aromatic heterocycles. The highest BCUT2D eigenvalue weighted by atomic mass is 32.2. The van der Waals surface area contributed by atoms with E-state index in [2.05, 4.69) is 20.0 Å². The van der Waals surface area contributed by atoms with Gasteiger partial charge in [-0.1, -0.05) is 49.0 Å². The Morgan fingerprint density at radius 1 is 1.07 bits per heavy atom. The third-order valence-electron chi connectivity index (χ3n) is 3.94. The molecule has 1 unspecified atom stereocenters. The first-order chi connectivity index (χ1) is 14.5. The van der Waals surface area contributed by atoms with Crippen molar-refractivity contribution < 1.29 is 9.59 Å². The van der Waals surface area contributed by atoms with Crippen LogP contribution in [0, 0.1) is 0 Å². The van der Waals surface area contributed by atoms with Crippen LogP contribution in [-0.2, 0) is 16.0 Å². The van der Waals surface area contributed by atoms with E-state index in [1.54, 1.807) is 11.8 Å². The van der Waals surface area contributed by atoms with Crippen molar-refractivity contribution in [3.63, 3.8) is 0 Å². The molecule has 3 rings (SSSR count). The molecule has 9 heteroatoms. The minimum absolute atomic E-state index is 0.0630. The van der Waals surface area contributed by atoms with Gasteiger partial charge >= 0.3 is 0 Å². The fourth-order valence-electron chi connectivity index (χ4n) is 2.52. The van der Waals surface area contributed by atoms with Gasteiger partial charge < -0.3 is 5.32 Å². The minimum Gasteiger partial charge on any atom is -0.326 e. The number of nitrogens with one attached hydrogen (secondary N) is 2. The smallest absolute Gasteiger partial charge is 0.239 e. The number of rotatable bonds is 9. The number of hydrogen-bond acceptors (Lipinski definition) is 7. The maximum absolute atomic E-state index is 12.4. The maximum atomic E-state index is 12.4. The lowest BCUT2D eigenvalue weighted by Crippen LogP contribution is -2.22. The average Bonchev–Trinajstić information content (AvgIpc) is 3.17. The van der Waals surface area contributed by atoms with E-state index in [1.807, 2.05) is 68.4 Å². The Hall–Kier alpha value is -2.36. The van der Waals surface area contributed by atoms with Crippen LogP contribution in [0.1, 0.15) is 19.4 Å². The Labute approximate surface area is 188 Å². The number of aromatic nitrogens is 2. The van der Waals surface area contributed by atoms with E-state index in [9.17, 15) is 9.59 Å². The topological polar surface area (TPSA) is 84.0 Å². The quantitative estimate of drug-likeness (QED) is 0.441. The second-order valence-electron chi connectivity index (χ2n) is 6.30. The zero-order valence-corrected chi connectivity index (χ0v) is 19.1. The summed E-state index contributed by atoms with van der Waals surface area (Å²) in [6.07, 6.45) is 0.332. The van der Waals surface area contributed by atoms with Crippen molar-refractivity contribution >= 4 is 57.7 Å². The van der Waals surface area contributed by atoms with Crippen molar-refractivity contribution in [1.82, 2.24) is 9.36 Å². The first-order valence-electron chi connectivity index (χ1n) is 9.41. The summed E-state index contributed by atoms with van der Waals surface area (Å²) >= 11 is 4.17. The van der Waals surface area contributed by atoms with Crippen LogP contribution in [0.2, 0.25) is 0 Å². The van der Waals surface area contributed by atoms with Gasteiger partial charge in [0.15, 0.2) is 0 Å². The largest absolute Gasteiger partial charge is 0.326 e. The zero-order chi connectivity index (χ0) is 21.3. The Balaban J connectivity index is 1.49. The molecule has 1 atom stereocenters. The average molecular weight is 459 g/mol. The van der Waals surface area contributed by atoms with Gasteiger partial charge in [-0.15, -0.1) is 11.8 Å². The fourth-order valence-corrected chi connectivity index (χ4v) is 4.66. The molecular weight excluding hydrogens is 436 g/mol.